The maximum Gasteiger partial charge on any atom is 0.337 e. The van der Waals surface area contributed by atoms with Crippen LogP contribution in [-0.4, -0.2) is 21.2 Å². The zero-order chi connectivity index (χ0) is 13.0. The van der Waals surface area contributed by atoms with Gasteiger partial charge in [0.1, 0.15) is 5.75 Å². The maximum absolute atomic E-state index is 10.7. The molecule has 0 fully saturated rings. The van der Waals surface area contributed by atoms with Crippen LogP contribution >= 0.6 is 11.8 Å². The molecule has 2 rings (SSSR count). The highest BCUT2D eigenvalue weighted by Crippen LogP contribution is 2.24. The SMILES string of the molecule is O=C(O)c1ccc(CSc2cccc(O)c2)nc1. The lowest BCUT2D eigenvalue weighted by Gasteiger charge is -2.02. The molecule has 0 amide bonds. The molecule has 0 spiro atoms. The largest absolute Gasteiger partial charge is 0.508 e. The fraction of sp³-hybridized carbons (Fsp3) is 0.0769. The van der Waals surface area contributed by atoms with Crippen molar-refractivity contribution >= 4 is 17.7 Å². The van der Waals surface area contributed by atoms with Crippen LogP contribution in [0, 0.1) is 0 Å². The second-order valence-electron chi connectivity index (χ2n) is 3.63. The third-order valence-corrected chi connectivity index (χ3v) is 3.30. The molecule has 1 heterocycles. The molecule has 1 aromatic carbocycles. The molecular formula is C13H11NO3S. The Kier molecular flexibility index (Phi) is 3.84. The van der Waals surface area contributed by atoms with E-state index in [0.29, 0.717) is 5.75 Å². The van der Waals surface area contributed by atoms with Gasteiger partial charge in [0.05, 0.1) is 11.3 Å². The molecule has 0 unspecified atom stereocenters. The average Bonchev–Trinajstić information content (AvgIpc) is 2.37. The number of hydrogen-bond donors (Lipinski definition) is 2. The van der Waals surface area contributed by atoms with Crippen LogP contribution in [0.4, 0.5) is 0 Å². The summed E-state index contributed by atoms with van der Waals surface area (Å²) in [6.07, 6.45) is 1.35. The molecule has 0 aliphatic heterocycles. The minimum absolute atomic E-state index is 0.182. The lowest BCUT2D eigenvalue weighted by Crippen LogP contribution is -1.97. The fourth-order valence-corrected chi connectivity index (χ4v) is 2.23. The van der Waals surface area contributed by atoms with Crippen molar-refractivity contribution in [1.82, 2.24) is 4.98 Å². The van der Waals surface area contributed by atoms with E-state index in [4.69, 9.17) is 5.11 Å². The predicted molar refractivity (Wildman–Crippen MR) is 68.9 cm³/mol. The lowest BCUT2D eigenvalue weighted by atomic mass is 10.2. The van der Waals surface area contributed by atoms with Crippen LogP contribution in [0.1, 0.15) is 16.1 Å². The Labute approximate surface area is 108 Å². The fourth-order valence-electron chi connectivity index (χ4n) is 1.37. The zero-order valence-electron chi connectivity index (χ0n) is 9.41. The summed E-state index contributed by atoms with van der Waals surface area (Å²) in [7, 11) is 0. The summed E-state index contributed by atoms with van der Waals surface area (Å²) in [6, 6.07) is 10.2. The van der Waals surface area contributed by atoms with Crippen LogP contribution in [0.15, 0.2) is 47.5 Å². The van der Waals surface area contributed by atoms with Crippen LogP contribution in [0.2, 0.25) is 0 Å². The van der Waals surface area contributed by atoms with Gasteiger partial charge in [-0.15, -0.1) is 11.8 Å². The molecule has 92 valence electrons. The molecule has 18 heavy (non-hydrogen) atoms. The molecule has 2 N–H and O–H groups in total. The molecule has 4 nitrogen and oxygen atoms in total. The van der Waals surface area contributed by atoms with E-state index in [1.807, 2.05) is 6.07 Å². The molecule has 0 radical (unpaired) electrons. The molecule has 2 aromatic rings. The number of carboxylic acid groups (broad SMARTS) is 1. The molecular weight excluding hydrogens is 250 g/mol. The molecule has 0 saturated heterocycles. The number of carbonyl (C=O) groups is 1. The first-order valence-corrected chi connectivity index (χ1v) is 6.24. The van der Waals surface area contributed by atoms with Gasteiger partial charge in [0, 0.05) is 16.8 Å². The van der Waals surface area contributed by atoms with Gasteiger partial charge in [0.2, 0.25) is 0 Å². The molecule has 5 heteroatoms. The first kappa shape index (κ1) is 12.4. The number of aromatic carboxylic acids is 1. The Bertz CT molecular complexity index is 554. The predicted octanol–water partition coefficient (Wildman–Crippen LogP) is 2.78. The maximum atomic E-state index is 10.7. The van der Waals surface area contributed by atoms with Gasteiger partial charge in [-0.1, -0.05) is 6.07 Å². The quantitative estimate of drug-likeness (QED) is 0.828. The highest BCUT2D eigenvalue weighted by atomic mass is 32.2. The van der Waals surface area contributed by atoms with E-state index >= 15 is 0 Å². The standard InChI is InChI=1S/C13H11NO3S/c15-11-2-1-3-12(6-11)18-8-10-5-4-9(7-14-10)13(16)17/h1-7,15H,8H2,(H,16,17). The molecule has 0 atom stereocenters. The summed E-state index contributed by atoms with van der Waals surface area (Å²) in [5, 5.41) is 18.1. The number of pyridine rings is 1. The summed E-state index contributed by atoms with van der Waals surface area (Å²) in [6.45, 7) is 0. The first-order chi connectivity index (χ1) is 8.65. The third-order valence-electron chi connectivity index (χ3n) is 2.28. The van der Waals surface area contributed by atoms with Gasteiger partial charge in [-0.3, -0.25) is 4.98 Å². The van der Waals surface area contributed by atoms with Gasteiger partial charge in [0.25, 0.3) is 0 Å². The van der Waals surface area contributed by atoms with E-state index in [9.17, 15) is 9.90 Å². The smallest absolute Gasteiger partial charge is 0.337 e. The van der Waals surface area contributed by atoms with Crippen molar-refractivity contribution < 1.29 is 15.0 Å². The number of aromatic hydroxyl groups is 1. The van der Waals surface area contributed by atoms with E-state index < -0.39 is 5.97 Å². The van der Waals surface area contributed by atoms with Crippen LogP contribution in [-0.2, 0) is 5.75 Å². The highest BCUT2D eigenvalue weighted by Gasteiger charge is 2.03. The number of rotatable bonds is 4. The number of nitrogens with zero attached hydrogens (tertiary/aromatic N) is 1. The zero-order valence-corrected chi connectivity index (χ0v) is 10.2. The number of phenols is 1. The highest BCUT2D eigenvalue weighted by molar-refractivity contribution is 7.98. The second-order valence-corrected chi connectivity index (χ2v) is 4.68. The molecule has 0 aliphatic carbocycles. The van der Waals surface area contributed by atoms with Crippen molar-refractivity contribution in [3.05, 3.63) is 53.9 Å². The Morgan fingerprint density at radius 3 is 2.72 bits per heavy atom. The Balaban J connectivity index is 2.00. The number of benzene rings is 1. The number of carboxylic acids is 1. The van der Waals surface area contributed by atoms with Crippen LogP contribution in [0.3, 0.4) is 0 Å². The van der Waals surface area contributed by atoms with Gasteiger partial charge in [-0.2, -0.15) is 0 Å². The Morgan fingerprint density at radius 1 is 1.28 bits per heavy atom. The van der Waals surface area contributed by atoms with Gasteiger partial charge >= 0.3 is 5.97 Å². The third kappa shape index (κ3) is 3.24. The number of aromatic nitrogens is 1. The summed E-state index contributed by atoms with van der Waals surface area (Å²) in [5.74, 6) is -0.118. The van der Waals surface area contributed by atoms with Crippen molar-refractivity contribution in [3.8, 4) is 5.75 Å². The summed E-state index contributed by atoms with van der Waals surface area (Å²) >= 11 is 1.53. The number of thioether (sulfide) groups is 1. The van der Waals surface area contributed by atoms with Gasteiger partial charge in [0.15, 0.2) is 0 Å². The van der Waals surface area contributed by atoms with Crippen molar-refractivity contribution in [3.63, 3.8) is 0 Å². The lowest BCUT2D eigenvalue weighted by molar-refractivity contribution is 0.0696. The van der Waals surface area contributed by atoms with E-state index in [1.165, 1.54) is 24.0 Å². The number of phenolic OH excluding ortho intramolecular Hbond substituents is 1. The first-order valence-electron chi connectivity index (χ1n) is 5.25. The second kappa shape index (κ2) is 5.55. The van der Waals surface area contributed by atoms with Crippen molar-refractivity contribution in [1.29, 1.82) is 0 Å². The van der Waals surface area contributed by atoms with Crippen molar-refractivity contribution in [2.24, 2.45) is 0 Å². The Morgan fingerprint density at radius 2 is 2.11 bits per heavy atom. The van der Waals surface area contributed by atoms with E-state index in [-0.39, 0.29) is 11.3 Å². The molecule has 0 saturated carbocycles. The van der Waals surface area contributed by atoms with Gasteiger partial charge in [-0.25, -0.2) is 4.79 Å². The minimum atomic E-state index is -0.977. The Hall–Kier alpha value is -2.01. The van der Waals surface area contributed by atoms with E-state index in [1.54, 1.807) is 24.3 Å². The van der Waals surface area contributed by atoms with E-state index in [0.717, 1.165) is 10.6 Å². The summed E-state index contributed by atoms with van der Waals surface area (Å²) in [5.41, 5.74) is 0.981. The molecule has 1 aromatic heterocycles. The summed E-state index contributed by atoms with van der Waals surface area (Å²) in [4.78, 5) is 15.7. The van der Waals surface area contributed by atoms with Crippen molar-refractivity contribution in [2.45, 2.75) is 10.6 Å². The van der Waals surface area contributed by atoms with E-state index in [2.05, 4.69) is 4.98 Å². The molecule has 0 bridgehead atoms. The number of hydrogen-bond acceptors (Lipinski definition) is 4. The van der Waals surface area contributed by atoms with Gasteiger partial charge in [-0.05, 0) is 30.3 Å². The van der Waals surface area contributed by atoms with Crippen LogP contribution in [0.25, 0.3) is 0 Å². The van der Waals surface area contributed by atoms with Crippen LogP contribution < -0.4 is 0 Å². The van der Waals surface area contributed by atoms with Gasteiger partial charge < -0.3 is 10.2 Å². The average molecular weight is 261 g/mol. The molecule has 0 aliphatic rings. The minimum Gasteiger partial charge on any atom is -0.508 e. The van der Waals surface area contributed by atoms with Crippen molar-refractivity contribution in [2.75, 3.05) is 0 Å². The summed E-state index contributed by atoms with van der Waals surface area (Å²) < 4.78 is 0. The normalized spacial score (nSPS) is 10.2. The topological polar surface area (TPSA) is 70.4 Å². The monoisotopic (exact) mass is 261 g/mol. The van der Waals surface area contributed by atoms with Crippen LogP contribution in [0.5, 0.6) is 5.75 Å².